The van der Waals surface area contributed by atoms with Crippen molar-refractivity contribution in [2.45, 2.75) is 63.8 Å². The van der Waals surface area contributed by atoms with Gasteiger partial charge in [-0.05, 0) is 81.6 Å². The number of piperidine rings is 1. The smallest absolute Gasteiger partial charge is 0.324 e. The number of hydrogen-bond acceptors (Lipinski definition) is 4. The Bertz CT molecular complexity index is 749. The number of benzene rings is 1. The number of esters is 1. The molecule has 6 heteroatoms. The van der Waals surface area contributed by atoms with Crippen LogP contribution in [0.3, 0.4) is 0 Å². The number of urea groups is 1. The van der Waals surface area contributed by atoms with E-state index in [0.717, 1.165) is 70.4 Å². The normalized spacial score (nSPS) is 26.7. The summed E-state index contributed by atoms with van der Waals surface area (Å²) in [5.41, 5.74) is 2.58. The number of hydrogen-bond donors (Lipinski definition) is 1. The largest absolute Gasteiger partial charge is 0.466 e. The molecular weight excluding hydrogens is 378 g/mol. The number of ether oxygens (including phenoxy) is 1. The molecule has 1 aromatic rings. The van der Waals surface area contributed by atoms with Crippen LogP contribution in [0.25, 0.3) is 0 Å². The molecule has 1 N–H and O–H groups in total. The quantitative estimate of drug-likeness (QED) is 0.748. The minimum Gasteiger partial charge on any atom is -0.466 e. The van der Waals surface area contributed by atoms with E-state index in [-0.39, 0.29) is 29.4 Å². The van der Waals surface area contributed by atoms with Gasteiger partial charge in [-0.25, -0.2) is 4.79 Å². The average molecular weight is 414 g/mol. The SMILES string of the molecule is CCOC(=O)[C@H]1CC[C@H](N2CCN(c3ccc(C4(C)CCNCC4)cc3)C2=O)CC1. The van der Waals surface area contributed by atoms with Crippen LogP contribution < -0.4 is 10.2 Å². The number of anilines is 1. The van der Waals surface area contributed by atoms with E-state index in [4.69, 9.17) is 4.74 Å². The summed E-state index contributed by atoms with van der Waals surface area (Å²) in [6, 6.07) is 8.99. The van der Waals surface area contributed by atoms with Crippen molar-refractivity contribution >= 4 is 17.7 Å². The topological polar surface area (TPSA) is 61.9 Å². The zero-order chi connectivity index (χ0) is 21.1. The van der Waals surface area contributed by atoms with Crippen molar-refractivity contribution in [3.8, 4) is 0 Å². The lowest BCUT2D eigenvalue weighted by atomic mass is 9.75. The van der Waals surface area contributed by atoms with Crippen LogP contribution in [0.4, 0.5) is 10.5 Å². The third kappa shape index (κ3) is 4.20. The Morgan fingerprint density at radius 1 is 1.10 bits per heavy atom. The standard InChI is InChI=1S/C24H35N3O3/c1-3-30-22(28)18-4-8-20(9-5-18)26-16-17-27(23(26)29)21-10-6-19(7-11-21)24(2)12-14-25-15-13-24/h6-7,10-11,18,20,25H,3-5,8-9,12-17H2,1-2H3/t18-,20-. The Morgan fingerprint density at radius 2 is 1.77 bits per heavy atom. The summed E-state index contributed by atoms with van der Waals surface area (Å²) in [6.07, 6.45) is 5.70. The van der Waals surface area contributed by atoms with Gasteiger partial charge in [0, 0.05) is 24.8 Å². The molecule has 4 rings (SSSR count). The summed E-state index contributed by atoms with van der Waals surface area (Å²) < 4.78 is 5.17. The van der Waals surface area contributed by atoms with Crippen LogP contribution in [0, 0.1) is 5.92 Å². The first kappa shape index (κ1) is 21.2. The highest BCUT2D eigenvalue weighted by molar-refractivity contribution is 5.94. The summed E-state index contributed by atoms with van der Waals surface area (Å²) in [5.74, 6) is -0.0771. The van der Waals surface area contributed by atoms with Gasteiger partial charge < -0.3 is 15.0 Å². The second-order valence-electron chi connectivity index (χ2n) is 9.24. The maximum atomic E-state index is 13.1. The van der Waals surface area contributed by atoms with Gasteiger partial charge in [0.05, 0.1) is 12.5 Å². The Kier molecular flexibility index (Phi) is 6.32. The lowest BCUT2D eigenvalue weighted by Gasteiger charge is -2.35. The predicted molar refractivity (Wildman–Crippen MR) is 118 cm³/mol. The highest BCUT2D eigenvalue weighted by Crippen LogP contribution is 2.35. The molecule has 1 aromatic carbocycles. The number of amides is 2. The second-order valence-corrected chi connectivity index (χ2v) is 9.24. The summed E-state index contributed by atoms with van der Waals surface area (Å²) in [4.78, 5) is 29.0. The maximum Gasteiger partial charge on any atom is 0.324 e. The zero-order valence-corrected chi connectivity index (χ0v) is 18.4. The molecule has 2 aliphatic heterocycles. The molecule has 3 fully saturated rings. The first-order valence-electron chi connectivity index (χ1n) is 11.6. The zero-order valence-electron chi connectivity index (χ0n) is 18.4. The van der Waals surface area contributed by atoms with E-state index in [9.17, 15) is 9.59 Å². The molecule has 2 amide bonds. The minimum absolute atomic E-state index is 0.00101. The van der Waals surface area contributed by atoms with E-state index < -0.39 is 0 Å². The molecule has 2 saturated heterocycles. The Morgan fingerprint density at radius 3 is 2.40 bits per heavy atom. The fraction of sp³-hybridized carbons (Fsp3) is 0.667. The molecule has 0 spiro atoms. The van der Waals surface area contributed by atoms with E-state index in [1.54, 1.807) is 0 Å². The third-order valence-corrected chi connectivity index (χ3v) is 7.38. The number of carbonyl (C=O) groups is 2. The van der Waals surface area contributed by atoms with Gasteiger partial charge in [-0.2, -0.15) is 0 Å². The van der Waals surface area contributed by atoms with Crippen LogP contribution in [0.2, 0.25) is 0 Å². The Hall–Kier alpha value is -2.08. The monoisotopic (exact) mass is 413 g/mol. The first-order chi connectivity index (χ1) is 14.5. The molecule has 30 heavy (non-hydrogen) atoms. The fourth-order valence-corrected chi connectivity index (χ4v) is 5.33. The van der Waals surface area contributed by atoms with Crippen LogP contribution in [-0.4, -0.2) is 55.7 Å². The summed E-state index contributed by atoms with van der Waals surface area (Å²) >= 11 is 0. The van der Waals surface area contributed by atoms with Crippen LogP contribution >= 0.6 is 0 Å². The Balaban J connectivity index is 1.36. The minimum atomic E-state index is -0.0761. The number of rotatable bonds is 5. The van der Waals surface area contributed by atoms with Crippen molar-refractivity contribution < 1.29 is 14.3 Å². The van der Waals surface area contributed by atoms with Crippen LogP contribution in [0.1, 0.15) is 57.9 Å². The fourth-order valence-electron chi connectivity index (χ4n) is 5.33. The summed E-state index contributed by atoms with van der Waals surface area (Å²) in [7, 11) is 0. The molecule has 0 aromatic heterocycles. The van der Waals surface area contributed by atoms with Crippen molar-refractivity contribution in [1.82, 2.24) is 10.2 Å². The van der Waals surface area contributed by atoms with E-state index in [1.807, 2.05) is 16.7 Å². The number of nitrogens with zero attached hydrogens (tertiary/aromatic N) is 2. The van der Waals surface area contributed by atoms with Gasteiger partial charge in [0.15, 0.2) is 0 Å². The van der Waals surface area contributed by atoms with Gasteiger partial charge in [-0.1, -0.05) is 19.1 Å². The number of carbonyl (C=O) groups excluding carboxylic acids is 2. The lowest BCUT2D eigenvalue weighted by Crippen LogP contribution is -2.42. The lowest BCUT2D eigenvalue weighted by molar-refractivity contribution is -0.149. The van der Waals surface area contributed by atoms with E-state index >= 15 is 0 Å². The van der Waals surface area contributed by atoms with E-state index in [0.29, 0.717) is 6.61 Å². The molecule has 2 heterocycles. The van der Waals surface area contributed by atoms with Gasteiger partial charge in [-0.15, -0.1) is 0 Å². The molecule has 6 nitrogen and oxygen atoms in total. The predicted octanol–water partition coefficient (Wildman–Crippen LogP) is 3.69. The molecule has 0 radical (unpaired) electrons. The molecule has 0 atom stereocenters. The van der Waals surface area contributed by atoms with Crippen LogP contribution in [-0.2, 0) is 14.9 Å². The molecule has 1 saturated carbocycles. The molecule has 0 unspecified atom stereocenters. The molecule has 164 valence electrons. The first-order valence-corrected chi connectivity index (χ1v) is 11.6. The van der Waals surface area contributed by atoms with Gasteiger partial charge >= 0.3 is 12.0 Å². The van der Waals surface area contributed by atoms with E-state index in [1.165, 1.54) is 5.56 Å². The third-order valence-electron chi connectivity index (χ3n) is 7.38. The highest BCUT2D eigenvalue weighted by Gasteiger charge is 2.38. The maximum absolute atomic E-state index is 13.1. The van der Waals surface area contributed by atoms with Crippen molar-refractivity contribution in [2.24, 2.45) is 5.92 Å². The molecule has 1 aliphatic carbocycles. The summed E-state index contributed by atoms with van der Waals surface area (Å²) in [5, 5.41) is 3.44. The van der Waals surface area contributed by atoms with Crippen LogP contribution in [0.15, 0.2) is 24.3 Å². The molecule has 0 bridgehead atoms. The molecular formula is C24H35N3O3. The highest BCUT2D eigenvalue weighted by atomic mass is 16.5. The molecule has 3 aliphatic rings. The number of nitrogens with one attached hydrogen (secondary N) is 1. The Labute approximate surface area is 179 Å². The van der Waals surface area contributed by atoms with Crippen molar-refractivity contribution in [3.05, 3.63) is 29.8 Å². The van der Waals surface area contributed by atoms with Gasteiger partial charge in [0.1, 0.15) is 0 Å². The van der Waals surface area contributed by atoms with Gasteiger partial charge in [0.2, 0.25) is 0 Å². The summed E-state index contributed by atoms with van der Waals surface area (Å²) in [6.45, 7) is 8.26. The van der Waals surface area contributed by atoms with Gasteiger partial charge in [0.25, 0.3) is 0 Å². The van der Waals surface area contributed by atoms with Crippen molar-refractivity contribution in [1.29, 1.82) is 0 Å². The average Bonchev–Trinajstić information content (AvgIpc) is 3.16. The van der Waals surface area contributed by atoms with Crippen molar-refractivity contribution in [2.75, 3.05) is 37.7 Å². The van der Waals surface area contributed by atoms with Gasteiger partial charge in [-0.3, -0.25) is 9.69 Å². The van der Waals surface area contributed by atoms with Crippen LogP contribution in [0.5, 0.6) is 0 Å². The van der Waals surface area contributed by atoms with E-state index in [2.05, 4.69) is 36.5 Å². The van der Waals surface area contributed by atoms with Crippen molar-refractivity contribution in [3.63, 3.8) is 0 Å². The second kappa shape index (κ2) is 8.96.